The van der Waals surface area contributed by atoms with E-state index in [1.165, 1.54) is 24.8 Å². The normalized spacial score (nSPS) is 25.9. The Kier molecular flexibility index (Phi) is 3.24. The van der Waals surface area contributed by atoms with Crippen molar-refractivity contribution in [1.82, 2.24) is 0 Å². The second-order valence-electron chi connectivity index (χ2n) is 4.16. The summed E-state index contributed by atoms with van der Waals surface area (Å²) in [5, 5.41) is 0. The van der Waals surface area contributed by atoms with E-state index >= 15 is 0 Å². The molecule has 1 fully saturated rings. The van der Waals surface area contributed by atoms with Gasteiger partial charge in [0.05, 0.1) is 0 Å². The van der Waals surface area contributed by atoms with Crippen LogP contribution in [-0.4, -0.2) is 6.54 Å². The van der Waals surface area contributed by atoms with Crippen molar-refractivity contribution in [3.8, 4) is 0 Å². The zero-order valence-corrected chi connectivity index (χ0v) is 9.83. The van der Waals surface area contributed by atoms with Gasteiger partial charge in [0.15, 0.2) is 0 Å². The molecule has 14 heavy (non-hydrogen) atoms. The van der Waals surface area contributed by atoms with E-state index in [0.29, 0.717) is 0 Å². The predicted octanol–water partition coefficient (Wildman–Crippen LogP) is 2.98. The maximum absolute atomic E-state index is 5.69. The number of halogens is 1. The average Bonchev–Trinajstić information content (AvgIpc) is 2.16. The number of hydrogen-bond acceptors (Lipinski definition) is 1. The summed E-state index contributed by atoms with van der Waals surface area (Å²) < 4.78 is 1.16. The predicted molar refractivity (Wildman–Crippen MR) is 63.1 cm³/mol. The molecule has 0 aromatic heterocycles. The summed E-state index contributed by atoms with van der Waals surface area (Å²) in [6.45, 7) is 0.862. The van der Waals surface area contributed by atoms with Crippen molar-refractivity contribution in [2.24, 2.45) is 17.6 Å². The Balaban J connectivity index is 1.94. The van der Waals surface area contributed by atoms with E-state index in [1.807, 2.05) is 0 Å². The average molecular weight is 254 g/mol. The number of nitrogens with two attached hydrogens (primary N) is 1. The molecule has 1 aliphatic carbocycles. The molecule has 2 heteroatoms. The monoisotopic (exact) mass is 253 g/mol. The third kappa shape index (κ3) is 2.18. The van der Waals surface area contributed by atoms with E-state index in [9.17, 15) is 0 Å². The lowest BCUT2D eigenvalue weighted by Crippen LogP contribution is -2.33. The molecule has 2 rings (SSSR count). The minimum Gasteiger partial charge on any atom is -0.330 e. The van der Waals surface area contributed by atoms with Gasteiger partial charge in [-0.25, -0.2) is 0 Å². The number of rotatable bonds is 3. The van der Waals surface area contributed by atoms with E-state index in [2.05, 4.69) is 40.2 Å². The lowest BCUT2D eigenvalue weighted by Gasteiger charge is -2.36. The highest BCUT2D eigenvalue weighted by Gasteiger charge is 2.29. The Labute approximate surface area is 93.8 Å². The maximum atomic E-state index is 5.69. The first-order chi connectivity index (χ1) is 6.79. The molecule has 1 aromatic rings. The SMILES string of the molecule is NCC1CCC1Cc1ccc(Br)cc1. The molecule has 2 atom stereocenters. The molecular weight excluding hydrogens is 238 g/mol. The molecule has 76 valence electrons. The van der Waals surface area contributed by atoms with Crippen LogP contribution in [0.1, 0.15) is 18.4 Å². The van der Waals surface area contributed by atoms with Gasteiger partial charge in [0.25, 0.3) is 0 Å². The van der Waals surface area contributed by atoms with Gasteiger partial charge in [-0.3, -0.25) is 0 Å². The number of benzene rings is 1. The third-order valence-electron chi connectivity index (χ3n) is 3.29. The fraction of sp³-hybridized carbons (Fsp3) is 0.500. The van der Waals surface area contributed by atoms with Crippen LogP contribution in [-0.2, 0) is 6.42 Å². The summed E-state index contributed by atoms with van der Waals surface area (Å²) in [6.07, 6.45) is 3.89. The Hall–Kier alpha value is -0.340. The minimum absolute atomic E-state index is 0.777. The first-order valence-electron chi connectivity index (χ1n) is 5.24. The minimum atomic E-state index is 0.777. The van der Waals surface area contributed by atoms with E-state index in [-0.39, 0.29) is 0 Å². The molecule has 0 radical (unpaired) electrons. The summed E-state index contributed by atoms with van der Waals surface area (Å²) in [6, 6.07) is 8.64. The fourth-order valence-electron chi connectivity index (χ4n) is 2.14. The molecule has 1 aliphatic rings. The number of hydrogen-bond donors (Lipinski definition) is 1. The highest BCUT2D eigenvalue weighted by molar-refractivity contribution is 9.10. The van der Waals surface area contributed by atoms with Crippen LogP contribution in [0, 0.1) is 11.8 Å². The van der Waals surface area contributed by atoms with Crippen LogP contribution in [0.3, 0.4) is 0 Å². The van der Waals surface area contributed by atoms with Crippen molar-refractivity contribution in [3.63, 3.8) is 0 Å². The van der Waals surface area contributed by atoms with Crippen LogP contribution in [0.5, 0.6) is 0 Å². The van der Waals surface area contributed by atoms with Crippen molar-refractivity contribution in [3.05, 3.63) is 34.3 Å². The molecule has 0 saturated heterocycles. The molecule has 1 saturated carbocycles. The van der Waals surface area contributed by atoms with Crippen LogP contribution in [0.15, 0.2) is 28.7 Å². The second-order valence-corrected chi connectivity index (χ2v) is 5.08. The van der Waals surface area contributed by atoms with Gasteiger partial charge in [-0.1, -0.05) is 28.1 Å². The van der Waals surface area contributed by atoms with Gasteiger partial charge in [0.2, 0.25) is 0 Å². The molecule has 0 spiro atoms. The molecule has 2 N–H and O–H groups in total. The lowest BCUT2D eigenvalue weighted by atomic mass is 9.71. The van der Waals surface area contributed by atoms with Gasteiger partial charge in [0, 0.05) is 4.47 Å². The van der Waals surface area contributed by atoms with Crippen LogP contribution < -0.4 is 5.73 Å². The summed E-state index contributed by atoms with van der Waals surface area (Å²) in [5.41, 5.74) is 7.14. The zero-order valence-electron chi connectivity index (χ0n) is 8.25. The van der Waals surface area contributed by atoms with Gasteiger partial charge in [-0.05, 0) is 55.3 Å². The molecule has 0 amide bonds. The topological polar surface area (TPSA) is 26.0 Å². The van der Waals surface area contributed by atoms with Gasteiger partial charge in [0.1, 0.15) is 0 Å². The van der Waals surface area contributed by atoms with Crippen molar-refractivity contribution < 1.29 is 0 Å². The maximum Gasteiger partial charge on any atom is 0.0175 e. The quantitative estimate of drug-likeness (QED) is 0.881. The van der Waals surface area contributed by atoms with Gasteiger partial charge in [-0.2, -0.15) is 0 Å². The molecule has 2 unspecified atom stereocenters. The summed E-state index contributed by atoms with van der Waals surface area (Å²) >= 11 is 3.45. The van der Waals surface area contributed by atoms with Crippen LogP contribution >= 0.6 is 15.9 Å². The van der Waals surface area contributed by atoms with E-state index in [0.717, 1.165) is 22.9 Å². The Morgan fingerprint density at radius 1 is 1.14 bits per heavy atom. The van der Waals surface area contributed by atoms with Crippen LogP contribution in [0.4, 0.5) is 0 Å². The highest BCUT2D eigenvalue weighted by Crippen LogP contribution is 2.35. The molecule has 0 aliphatic heterocycles. The zero-order chi connectivity index (χ0) is 9.97. The molecule has 1 nitrogen and oxygen atoms in total. The highest BCUT2D eigenvalue weighted by atomic mass is 79.9. The molecular formula is C12H16BrN. The molecule has 0 bridgehead atoms. The Morgan fingerprint density at radius 2 is 1.79 bits per heavy atom. The van der Waals surface area contributed by atoms with Crippen molar-refractivity contribution in [1.29, 1.82) is 0 Å². The summed E-state index contributed by atoms with van der Waals surface area (Å²) in [7, 11) is 0. The van der Waals surface area contributed by atoms with Crippen molar-refractivity contribution in [2.45, 2.75) is 19.3 Å². The second kappa shape index (κ2) is 4.45. The Morgan fingerprint density at radius 3 is 2.29 bits per heavy atom. The van der Waals surface area contributed by atoms with Crippen molar-refractivity contribution in [2.75, 3.05) is 6.54 Å². The first-order valence-corrected chi connectivity index (χ1v) is 6.03. The summed E-state index contributed by atoms with van der Waals surface area (Å²) in [5.74, 6) is 1.61. The summed E-state index contributed by atoms with van der Waals surface area (Å²) in [4.78, 5) is 0. The van der Waals surface area contributed by atoms with Crippen LogP contribution in [0.25, 0.3) is 0 Å². The standard InChI is InChI=1S/C12H16BrN/c13-12-5-1-9(2-6-12)7-10-3-4-11(10)8-14/h1-2,5-6,10-11H,3-4,7-8,14H2. The fourth-order valence-corrected chi connectivity index (χ4v) is 2.40. The Bertz CT molecular complexity index is 292. The lowest BCUT2D eigenvalue weighted by molar-refractivity contribution is 0.183. The molecule has 1 aromatic carbocycles. The van der Waals surface area contributed by atoms with Gasteiger partial charge < -0.3 is 5.73 Å². The van der Waals surface area contributed by atoms with E-state index < -0.39 is 0 Å². The third-order valence-corrected chi connectivity index (χ3v) is 3.82. The van der Waals surface area contributed by atoms with E-state index in [1.54, 1.807) is 0 Å². The van der Waals surface area contributed by atoms with Gasteiger partial charge >= 0.3 is 0 Å². The van der Waals surface area contributed by atoms with Crippen LogP contribution in [0.2, 0.25) is 0 Å². The smallest absolute Gasteiger partial charge is 0.0175 e. The van der Waals surface area contributed by atoms with Gasteiger partial charge in [-0.15, -0.1) is 0 Å². The largest absolute Gasteiger partial charge is 0.330 e. The molecule has 0 heterocycles. The first kappa shape index (κ1) is 10.2. The van der Waals surface area contributed by atoms with E-state index in [4.69, 9.17) is 5.73 Å². The van der Waals surface area contributed by atoms with Crippen molar-refractivity contribution >= 4 is 15.9 Å².